The zero-order valence-electron chi connectivity index (χ0n) is 77.4. The Morgan fingerprint density at radius 1 is 0.485 bits per heavy atom. The summed E-state index contributed by atoms with van der Waals surface area (Å²) in [4.78, 5) is 190. The molecule has 0 radical (unpaired) electrons. The lowest BCUT2D eigenvalue weighted by atomic mass is 10.1. The molecule has 6 amide bonds. The second kappa shape index (κ2) is 61.4. The number of carboxylic acids is 2. The molecule has 0 aromatic heterocycles. The fraction of sp³-hybridized carbons (Fsp3) is 0.500. The second-order valence-corrected chi connectivity index (χ2v) is 38.4. The molecule has 3 aliphatic rings. The summed E-state index contributed by atoms with van der Waals surface area (Å²) in [7, 11) is 3.84. The third-order valence-electron chi connectivity index (χ3n) is 17.8. The summed E-state index contributed by atoms with van der Waals surface area (Å²) in [5, 5.41) is 57.3. The Morgan fingerprint density at radius 2 is 0.813 bits per heavy atom. The smallest absolute Gasteiger partial charge is 0.410 e. The number of nitrogens with two attached hydrogens (primary N) is 1. The van der Waals surface area contributed by atoms with Crippen molar-refractivity contribution in [2.45, 2.75) is 170 Å². The summed E-state index contributed by atoms with van der Waals surface area (Å²) in [6.45, 7) is 27.8. The number of aliphatic hydroxyl groups excluding tert-OH is 1. The molecular formula is C88H122N10O30S6. The number of nitro benzene ring substituents is 2. The molecule has 0 aliphatic carbocycles. The van der Waals surface area contributed by atoms with Gasteiger partial charge in [0.2, 0.25) is 0 Å². The van der Waals surface area contributed by atoms with Gasteiger partial charge in [0.15, 0.2) is 0 Å². The Bertz CT molecular complexity index is 4580. The molecule has 3 fully saturated rings. The lowest BCUT2D eigenvalue weighted by molar-refractivity contribution is -0.385. The monoisotopic (exact) mass is 1990 g/mol. The number of carbonyl (C=O) groups excluding carboxylic acids is 12. The van der Waals surface area contributed by atoms with Crippen LogP contribution in [0.15, 0.2) is 135 Å². The molecule has 0 spiro atoms. The van der Waals surface area contributed by atoms with Crippen molar-refractivity contribution in [3.63, 3.8) is 0 Å². The standard InChI is InChI=1S/C27H39N3O7S2.C14H21NO6S.C14H23NO5S.C13H16N2O5S.C13H18N2O3S.C7H5NO4/c1-7-12-36-25(33)30-17-21(39-26(34)37-27(2,3)4)15-20(30)16-28-19-10-8-9-18(14-19)23(31)29-22(11-13-38-6)24(32)35-5;1-5-6-20-12(18)15-8-9(7-10(15)11(16)17)22-13(19)21-14(2,3)4;1-5-6-19-12(17)15-8-11(7-10(15)9-16)21-13(18)20-14(2,3)4;1-20-13(17)11(6-7-21-2)14-12(16)9-4-3-5-10(8-9)15(18)19;1-18-13(17)11(6-7-19-2)15-12(16)9-4-3-5-10(14)8-9;9-7(10)5-2-1-3-6(4-5)8(11)12/h7-10,14,20-22,28H,1,11-13,15-17H2,2-6H3,(H,29,31);5,9-10H,1,6-8H2,2-4H3,(H,16,17);5,10-11,16H,1,6-9H2,2-4H3;3-5,8,11H,6-7H2,1-2H3,(H,14,16);3-5,8,11H,6-7,14H2,1-2H3,(H,15,16);1-4H,(H,9,10)/t20-,21-,22?;9-,10-;10-,11-;2*11-;/m00000./s1. The van der Waals surface area contributed by atoms with E-state index in [0.717, 1.165) is 58.1 Å². The van der Waals surface area contributed by atoms with Gasteiger partial charge in [0.25, 0.3) is 29.1 Å². The number of methoxy groups -OCH3 is 3. The number of hydrogen-bond acceptors (Lipinski definition) is 36. The lowest BCUT2D eigenvalue weighted by Crippen LogP contribution is -2.42. The maximum absolute atomic E-state index is 12.9. The normalized spacial score (nSPS) is 16.4. The van der Waals surface area contributed by atoms with Crippen molar-refractivity contribution in [3.05, 3.63) is 178 Å². The summed E-state index contributed by atoms with van der Waals surface area (Å²) in [6, 6.07) is 20.0. The van der Waals surface area contributed by atoms with E-state index in [0.29, 0.717) is 85.7 Å². The number of carbonyl (C=O) groups is 14. The molecule has 7 rings (SSSR count). The SMILES string of the molecule is C=CCOC(=O)N1C[C@@H](SC(=O)OC(C)(C)C)C[C@H]1C(=O)O.C=CCOC(=O)N1C[C@@H](SC(=O)OC(C)(C)C)C[C@H]1CNc1cccc(C(=O)NC(CCSC)C(=O)OC)c1.C=CCOC(=O)N1C[C@@H](SC(=O)OC(C)(C)C)C[C@H]1CO.COC(=O)[C@H](CCSC)NC(=O)c1cccc(N)c1.COC(=O)[C@H](CCSC)NC(=O)c1cccc([N+](=O)[O-])c1.O=C(O)c1cccc([N+](=O)[O-])c1. The lowest BCUT2D eigenvalue weighted by Gasteiger charge is -2.24. The topological polar surface area (TPSA) is 553 Å². The van der Waals surface area contributed by atoms with Crippen LogP contribution in [0.5, 0.6) is 0 Å². The number of aliphatic hydroxyl groups is 1. The van der Waals surface area contributed by atoms with Crippen molar-refractivity contribution < 1.29 is 135 Å². The fourth-order valence-corrected chi connectivity index (χ4v) is 16.5. The van der Waals surface area contributed by atoms with E-state index in [-0.39, 0.29) is 112 Å². The molecule has 134 heavy (non-hydrogen) atoms. The highest BCUT2D eigenvalue weighted by Crippen LogP contribution is 2.35. The highest BCUT2D eigenvalue weighted by molar-refractivity contribution is 8.14. The van der Waals surface area contributed by atoms with E-state index in [9.17, 15) is 97.6 Å². The third-order valence-corrected chi connectivity index (χ3v) is 22.6. The van der Waals surface area contributed by atoms with Crippen LogP contribution in [-0.2, 0) is 61.8 Å². The number of nitrogens with zero attached hydrogens (tertiary/aromatic N) is 5. The van der Waals surface area contributed by atoms with Crippen LogP contribution in [0.4, 0.5) is 51.5 Å². The molecule has 4 aromatic rings. The first-order valence-electron chi connectivity index (χ1n) is 41.3. The first kappa shape index (κ1) is 119. The number of non-ortho nitro benzene ring substituents is 2. The van der Waals surface area contributed by atoms with E-state index >= 15 is 0 Å². The largest absolute Gasteiger partial charge is 0.480 e. The number of rotatable bonds is 35. The first-order chi connectivity index (χ1) is 63.0. The van der Waals surface area contributed by atoms with Gasteiger partial charge in [-0.2, -0.15) is 35.3 Å². The van der Waals surface area contributed by atoms with E-state index in [1.807, 2.05) is 24.8 Å². The van der Waals surface area contributed by atoms with Crippen molar-refractivity contribution in [2.24, 2.45) is 0 Å². The molecule has 40 nitrogen and oxygen atoms in total. The summed E-state index contributed by atoms with van der Waals surface area (Å²) in [5.41, 5.74) is 5.50. The van der Waals surface area contributed by atoms with Crippen molar-refractivity contribution >= 4 is 175 Å². The summed E-state index contributed by atoms with van der Waals surface area (Å²) in [6.07, 6.45) is 11.1. The highest BCUT2D eigenvalue weighted by atomic mass is 32.2. The van der Waals surface area contributed by atoms with Crippen molar-refractivity contribution in [1.82, 2.24) is 30.7 Å². The molecule has 0 bridgehead atoms. The third kappa shape index (κ3) is 46.5. The second-order valence-electron chi connectivity index (χ2n) is 31.7. The minimum absolute atomic E-state index is 0.00550. The van der Waals surface area contributed by atoms with Gasteiger partial charge in [0, 0.05) is 94.3 Å². The Labute approximate surface area is 803 Å². The Morgan fingerprint density at radius 3 is 1.16 bits per heavy atom. The maximum atomic E-state index is 12.9. The number of thioether (sulfide) groups is 6. The van der Waals surface area contributed by atoms with Crippen molar-refractivity contribution in [2.75, 3.05) is 121 Å². The van der Waals surface area contributed by atoms with Crippen molar-refractivity contribution in [3.8, 4) is 0 Å². The number of anilines is 2. The molecular weight excluding hydrogens is 1870 g/mol. The number of nitrogen functional groups attached to an aromatic ring is 1. The number of benzene rings is 4. The number of amides is 6. The van der Waals surface area contributed by atoms with Gasteiger partial charge < -0.3 is 94.8 Å². The summed E-state index contributed by atoms with van der Waals surface area (Å²) >= 11 is 7.76. The van der Waals surface area contributed by atoms with Crippen LogP contribution in [0.3, 0.4) is 0 Å². The van der Waals surface area contributed by atoms with Crippen LogP contribution >= 0.6 is 70.6 Å². The fourth-order valence-electron chi connectivity index (χ4n) is 11.7. The number of esters is 3. The van der Waals surface area contributed by atoms with Crippen LogP contribution in [0, 0.1) is 20.2 Å². The van der Waals surface area contributed by atoms with Gasteiger partial charge >= 0.3 is 64.0 Å². The maximum Gasteiger partial charge on any atom is 0.410 e. The zero-order chi connectivity index (χ0) is 101. The van der Waals surface area contributed by atoms with E-state index in [2.05, 4.69) is 50.5 Å². The van der Waals surface area contributed by atoms with Crippen LogP contribution in [0.25, 0.3) is 0 Å². The Kier molecular flexibility index (Phi) is 54.4. The van der Waals surface area contributed by atoms with E-state index in [4.69, 9.17) is 44.0 Å². The molecule has 46 heteroatoms. The molecule has 3 heterocycles. The number of ether oxygens (including phenoxy) is 9. The quantitative estimate of drug-likeness (QED) is 0.00529. The van der Waals surface area contributed by atoms with Crippen LogP contribution in [-0.4, -0.2) is 300 Å². The van der Waals surface area contributed by atoms with Crippen LogP contribution < -0.4 is 27.0 Å². The van der Waals surface area contributed by atoms with Gasteiger partial charge in [0.1, 0.15) is 60.8 Å². The zero-order valence-corrected chi connectivity index (χ0v) is 82.3. The Balaban J connectivity index is 0.000000564. The van der Waals surface area contributed by atoms with Gasteiger partial charge in [-0.15, -0.1) is 0 Å². The molecule has 0 saturated carbocycles. The van der Waals surface area contributed by atoms with E-state index < -0.39 is 110 Å². The van der Waals surface area contributed by atoms with Gasteiger partial charge in [-0.05, 0) is 221 Å². The molecule has 4 aromatic carbocycles. The predicted molar refractivity (Wildman–Crippen MR) is 515 cm³/mol. The Hall–Kier alpha value is -11.5. The molecule has 9 atom stereocenters. The van der Waals surface area contributed by atoms with Crippen molar-refractivity contribution in [1.29, 1.82) is 0 Å². The minimum Gasteiger partial charge on any atom is -0.480 e. The molecule has 3 aliphatic heterocycles. The number of carboxylic acid groups (broad SMARTS) is 2. The minimum atomic E-state index is -1.17. The first-order valence-corrected chi connectivity index (χ1v) is 48.1. The molecule has 9 N–H and O–H groups in total. The number of nitrogens with one attached hydrogen (secondary N) is 4. The molecule has 3 saturated heterocycles. The number of likely N-dealkylation sites (tertiary alicyclic amines) is 3. The number of aromatic carboxylic acids is 1. The number of nitro groups is 2. The summed E-state index contributed by atoms with van der Waals surface area (Å²) < 4.78 is 45.1. The summed E-state index contributed by atoms with van der Waals surface area (Å²) in [5.74, 6) is -2.89. The number of hydrogen-bond donors (Lipinski definition) is 8. The van der Waals surface area contributed by atoms with E-state index in [1.54, 1.807) is 133 Å². The van der Waals surface area contributed by atoms with Gasteiger partial charge in [-0.25, -0.2) is 52.7 Å². The predicted octanol–water partition coefficient (Wildman–Crippen LogP) is 13.7. The molecule has 740 valence electrons. The van der Waals surface area contributed by atoms with Crippen LogP contribution in [0.1, 0.15) is 142 Å². The van der Waals surface area contributed by atoms with E-state index in [1.165, 1.54) is 92.6 Å². The van der Waals surface area contributed by atoms with Gasteiger partial charge in [-0.1, -0.05) is 62.2 Å². The van der Waals surface area contributed by atoms with Crippen LogP contribution in [0.2, 0.25) is 0 Å². The molecule has 1 unspecified atom stereocenters. The average molecular weight is 1990 g/mol. The van der Waals surface area contributed by atoms with Gasteiger partial charge in [-0.3, -0.25) is 39.5 Å². The highest BCUT2D eigenvalue weighted by Gasteiger charge is 2.44. The van der Waals surface area contributed by atoms with Gasteiger partial charge in [0.05, 0.1) is 55.4 Å². The number of aliphatic carboxylic acids is 1. The average Bonchev–Trinajstić information content (AvgIpc) is 1.68.